The van der Waals surface area contributed by atoms with E-state index in [2.05, 4.69) is 25.7 Å². The van der Waals surface area contributed by atoms with Gasteiger partial charge in [-0.25, -0.2) is 14.6 Å². The van der Waals surface area contributed by atoms with E-state index < -0.39 is 46.5 Å². The number of piperazine rings is 1. The highest BCUT2D eigenvalue weighted by Gasteiger charge is 2.54. The minimum Gasteiger partial charge on any atom is -0.477 e. The van der Waals surface area contributed by atoms with Crippen LogP contribution in [-0.2, 0) is 24.7 Å². The number of aliphatic carboxylic acids is 1. The molecule has 2 saturated heterocycles. The first kappa shape index (κ1) is 36.6. The largest absolute Gasteiger partial charge is 0.477 e. The molecule has 278 valence electrons. The van der Waals surface area contributed by atoms with E-state index in [9.17, 15) is 29.5 Å². The van der Waals surface area contributed by atoms with E-state index in [1.165, 1.54) is 23.1 Å². The number of nitrogens with zero attached hydrogens (tertiary/aromatic N) is 5. The van der Waals surface area contributed by atoms with Crippen molar-refractivity contribution in [3.63, 3.8) is 0 Å². The van der Waals surface area contributed by atoms with Crippen LogP contribution in [-0.4, -0.2) is 117 Å². The molecule has 2 atom stereocenters. The molecule has 1 aromatic heterocycles. The Balaban J connectivity index is 1.07. The van der Waals surface area contributed by atoms with Gasteiger partial charge in [0, 0.05) is 42.9 Å². The van der Waals surface area contributed by atoms with Gasteiger partial charge in [0.25, 0.3) is 11.8 Å². The van der Waals surface area contributed by atoms with Crippen molar-refractivity contribution in [3.8, 4) is 0 Å². The molecule has 3 amide bonds. The fourth-order valence-electron chi connectivity index (χ4n) is 6.83. The number of benzene rings is 3. The molecule has 54 heavy (non-hydrogen) atoms. The van der Waals surface area contributed by atoms with Crippen LogP contribution >= 0.6 is 23.1 Å². The highest BCUT2D eigenvalue weighted by Crippen LogP contribution is 2.42. The summed E-state index contributed by atoms with van der Waals surface area (Å²) in [4.78, 5) is 61.3. The maximum absolute atomic E-state index is 13.6. The Labute approximate surface area is 319 Å². The van der Waals surface area contributed by atoms with Crippen LogP contribution in [0.2, 0.25) is 0 Å². The highest BCUT2D eigenvalue weighted by atomic mass is 32.2. The maximum Gasteiger partial charge on any atom is 0.410 e. The van der Waals surface area contributed by atoms with Gasteiger partial charge in [0.05, 0.1) is 0 Å². The number of rotatable bonds is 11. The Morgan fingerprint density at radius 2 is 1.50 bits per heavy atom. The number of likely N-dealkylation sites (N-methyl/N-ethyl adjacent to an activating group) is 1. The predicted molar refractivity (Wildman–Crippen MR) is 203 cm³/mol. The molecule has 2 fully saturated rings. The van der Waals surface area contributed by atoms with Gasteiger partial charge in [0.2, 0.25) is 0 Å². The number of oxime groups is 1. The Hall–Kier alpha value is -5.71. The first-order chi connectivity index (χ1) is 26.2. The number of aromatic nitrogens is 1. The number of carboxylic acids is 1. The van der Waals surface area contributed by atoms with Crippen molar-refractivity contribution >= 4 is 57.8 Å². The van der Waals surface area contributed by atoms with Crippen LogP contribution in [0, 0.1) is 0 Å². The zero-order valence-electron chi connectivity index (χ0n) is 29.1. The molecule has 7 rings (SSSR count). The zero-order valence-corrected chi connectivity index (χ0v) is 30.8. The van der Waals surface area contributed by atoms with Gasteiger partial charge in [-0.15, -0.1) is 23.1 Å². The number of carbonyl (C=O) groups is 4. The molecular weight excluding hydrogens is 731 g/mol. The Bertz CT molecular complexity index is 1990. The first-order valence-corrected chi connectivity index (χ1v) is 19.1. The van der Waals surface area contributed by atoms with E-state index in [0.717, 1.165) is 21.6 Å². The monoisotopic (exact) mass is 767 g/mol. The molecule has 0 saturated carbocycles. The third kappa shape index (κ3) is 7.02. The quantitative estimate of drug-likeness (QED) is 0.0574. The second-order valence-electron chi connectivity index (χ2n) is 12.9. The van der Waals surface area contributed by atoms with Gasteiger partial charge in [-0.2, -0.15) is 0 Å². The highest BCUT2D eigenvalue weighted by molar-refractivity contribution is 8.00. The molecule has 0 bridgehead atoms. The number of hydrogen-bond acceptors (Lipinski definition) is 12. The van der Waals surface area contributed by atoms with Gasteiger partial charge >= 0.3 is 12.1 Å². The average Bonchev–Trinajstić information content (AvgIpc) is 3.66. The zero-order chi connectivity index (χ0) is 37.8. The number of ether oxygens (including phenoxy) is 1. The van der Waals surface area contributed by atoms with Crippen molar-refractivity contribution in [2.75, 3.05) is 50.9 Å². The molecule has 0 unspecified atom stereocenters. The lowest BCUT2D eigenvalue weighted by Gasteiger charge is -2.49. The van der Waals surface area contributed by atoms with Crippen LogP contribution in [0.15, 0.2) is 113 Å². The summed E-state index contributed by atoms with van der Waals surface area (Å²) in [5, 5.41) is 30.9. The van der Waals surface area contributed by atoms with Crippen LogP contribution in [0.1, 0.15) is 22.4 Å². The molecule has 4 aromatic rings. The molecule has 0 spiro atoms. The smallest absolute Gasteiger partial charge is 0.410 e. The van der Waals surface area contributed by atoms with Crippen molar-refractivity contribution in [1.82, 2.24) is 25.0 Å². The number of carboxylic acid groups (broad SMARTS) is 1. The molecule has 16 heteroatoms. The van der Waals surface area contributed by atoms with Crippen LogP contribution in [0.5, 0.6) is 0 Å². The van der Waals surface area contributed by atoms with Crippen LogP contribution in [0.4, 0.5) is 9.93 Å². The minimum absolute atomic E-state index is 0.0704. The van der Waals surface area contributed by atoms with E-state index in [4.69, 9.17) is 4.74 Å². The second-order valence-corrected chi connectivity index (χ2v) is 14.9. The Morgan fingerprint density at radius 1 is 0.926 bits per heavy atom. The summed E-state index contributed by atoms with van der Waals surface area (Å²) in [5.41, 5.74) is 1.59. The lowest BCUT2D eigenvalue weighted by molar-refractivity contribution is -0.150. The van der Waals surface area contributed by atoms with Crippen molar-refractivity contribution in [2.24, 2.45) is 5.16 Å². The summed E-state index contributed by atoms with van der Waals surface area (Å²) in [7, 11) is 1.96. The maximum atomic E-state index is 13.6. The predicted octanol–water partition coefficient (Wildman–Crippen LogP) is 3.85. The fourth-order valence-corrected chi connectivity index (χ4v) is 8.91. The number of thiazole rings is 1. The molecule has 4 heterocycles. The van der Waals surface area contributed by atoms with Crippen molar-refractivity contribution in [3.05, 3.63) is 130 Å². The summed E-state index contributed by atoms with van der Waals surface area (Å²) in [5.74, 6) is -2.70. The summed E-state index contributed by atoms with van der Waals surface area (Å²) < 4.78 is 5.44. The molecular formula is C38H37N7O7S2. The van der Waals surface area contributed by atoms with Gasteiger partial charge in [0.15, 0.2) is 10.8 Å². The van der Waals surface area contributed by atoms with Gasteiger partial charge in [0.1, 0.15) is 35.0 Å². The van der Waals surface area contributed by atoms with Gasteiger partial charge < -0.3 is 35.5 Å². The average molecular weight is 768 g/mol. The molecule has 3 aliphatic rings. The number of β-lactam (4-membered cyclic amide) rings is 1. The first-order valence-electron chi connectivity index (χ1n) is 17.1. The molecule has 3 aromatic carbocycles. The molecule has 0 aliphatic carbocycles. The topological polar surface area (TPSA) is 177 Å². The lowest BCUT2D eigenvalue weighted by atomic mass is 9.77. The number of nitrogens with one attached hydrogen (secondary N) is 2. The van der Waals surface area contributed by atoms with Crippen molar-refractivity contribution in [1.29, 1.82) is 0 Å². The van der Waals surface area contributed by atoms with Crippen LogP contribution < -0.4 is 10.6 Å². The molecule has 3 aliphatic heterocycles. The van der Waals surface area contributed by atoms with Gasteiger partial charge in [-0.1, -0.05) is 96.2 Å². The number of hydrogen-bond donors (Lipinski definition) is 4. The summed E-state index contributed by atoms with van der Waals surface area (Å²) >= 11 is 2.45. The van der Waals surface area contributed by atoms with Crippen LogP contribution in [0.3, 0.4) is 0 Å². The number of fused-ring (bicyclic) bond motifs is 1. The van der Waals surface area contributed by atoms with E-state index in [1.54, 1.807) is 10.3 Å². The summed E-state index contributed by atoms with van der Waals surface area (Å²) in [6.45, 7) is 2.11. The third-order valence-corrected chi connectivity index (χ3v) is 11.7. The molecule has 4 N–H and O–H groups in total. The van der Waals surface area contributed by atoms with Gasteiger partial charge in [-0.3, -0.25) is 14.5 Å². The number of amides is 3. The Morgan fingerprint density at radius 3 is 2.04 bits per heavy atom. The van der Waals surface area contributed by atoms with Crippen molar-refractivity contribution in [2.45, 2.75) is 17.0 Å². The normalized spacial score (nSPS) is 19.1. The number of carbonyl (C=O) groups excluding carboxylic acids is 3. The van der Waals surface area contributed by atoms with Crippen molar-refractivity contribution < 1.29 is 34.2 Å². The lowest BCUT2D eigenvalue weighted by Crippen LogP contribution is -2.71. The van der Waals surface area contributed by atoms with E-state index >= 15 is 0 Å². The van der Waals surface area contributed by atoms with E-state index in [-0.39, 0.29) is 29.3 Å². The fraction of sp³-hybridized carbons (Fsp3) is 0.263. The van der Waals surface area contributed by atoms with E-state index in [1.807, 2.05) is 98.0 Å². The Kier molecular flexibility index (Phi) is 10.7. The second kappa shape index (κ2) is 15.7. The molecule has 0 radical (unpaired) electrons. The standard InChI is InChI=1S/C38H37N7O7S2/c1-43-17-19-44(20-18-43)37(50)52-21-24-22-53-34-30(33(47)45(34)31(24)35(48)49)40-32(46)29(42-51)28-23-54-36(39-28)41-38(25-11-5-2-6-12-25,26-13-7-3-8-14-26)27-15-9-4-10-16-27/h2-16,23,30,34,51H,17-22H2,1H3,(H,39,41)(H,40,46)(H,48,49)/b42-29-/t30-,34-/m1/s1. The van der Waals surface area contributed by atoms with E-state index in [0.29, 0.717) is 31.3 Å². The third-order valence-electron chi connectivity index (χ3n) is 9.64. The molecule has 14 nitrogen and oxygen atoms in total. The number of thioether (sulfide) groups is 1. The summed E-state index contributed by atoms with van der Waals surface area (Å²) in [6, 6.07) is 28.6. The van der Waals surface area contributed by atoms with Crippen LogP contribution in [0.25, 0.3) is 0 Å². The van der Waals surface area contributed by atoms with Gasteiger partial charge in [-0.05, 0) is 23.7 Å². The minimum atomic E-state index is -1.35. The summed E-state index contributed by atoms with van der Waals surface area (Å²) in [6.07, 6.45) is -0.547. The number of anilines is 1. The SMILES string of the molecule is CN1CCN(C(=O)OCC2=C(C(=O)O)N3C(=O)[C@@H](NC(=O)/C(=N\O)c4csc(NC(c5ccccc5)(c5ccccc5)c5ccccc5)n4)[C@H]3SC2)CC1.